The molecule has 2 rings (SSSR count). The number of aromatic hydroxyl groups is 1. The van der Waals surface area contributed by atoms with E-state index >= 15 is 0 Å². The fraction of sp³-hybridized carbons (Fsp3) is 0.500. The monoisotopic (exact) mass is 285 g/mol. The van der Waals surface area contributed by atoms with Crippen molar-refractivity contribution in [2.45, 2.75) is 38.7 Å². The minimum Gasteiger partial charge on any atom is -0.506 e. The fourth-order valence-corrected chi connectivity index (χ4v) is 2.99. The second kappa shape index (κ2) is 5.17. The van der Waals surface area contributed by atoms with E-state index in [-0.39, 0.29) is 12.4 Å². The summed E-state index contributed by atoms with van der Waals surface area (Å²) in [4.78, 5) is 4.61. The quantitative estimate of drug-likeness (QED) is 0.649. The maximum atomic E-state index is 9.99. The Hall–Kier alpha value is -0.580. The summed E-state index contributed by atoms with van der Waals surface area (Å²) < 4.78 is 0.818. The highest BCUT2D eigenvalue weighted by Crippen LogP contribution is 2.37. The van der Waals surface area contributed by atoms with Crippen molar-refractivity contribution in [3.05, 3.63) is 27.2 Å². The Morgan fingerprint density at radius 1 is 1.31 bits per heavy atom. The minimum absolute atomic E-state index is 0.248. The molecule has 0 saturated carbocycles. The van der Waals surface area contributed by atoms with Gasteiger partial charge in [-0.2, -0.15) is 0 Å². The van der Waals surface area contributed by atoms with Gasteiger partial charge in [0.25, 0.3) is 0 Å². The van der Waals surface area contributed by atoms with Crippen LogP contribution in [0.3, 0.4) is 0 Å². The van der Waals surface area contributed by atoms with Gasteiger partial charge in [-0.1, -0.05) is 6.42 Å². The van der Waals surface area contributed by atoms with Crippen LogP contribution in [0.4, 0.5) is 0 Å². The highest BCUT2D eigenvalue weighted by Gasteiger charge is 2.17. The molecule has 0 aromatic heterocycles. The van der Waals surface area contributed by atoms with Crippen molar-refractivity contribution in [3.63, 3.8) is 0 Å². The zero-order valence-electron chi connectivity index (χ0n) is 9.13. The van der Waals surface area contributed by atoms with Gasteiger partial charge in [0, 0.05) is 5.56 Å². The van der Waals surface area contributed by atoms with Crippen molar-refractivity contribution in [2.75, 3.05) is 0 Å². The third-order valence-electron chi connectivity index (χ3n) is 3.12. The van der Waals surface area contributed by atoms with Crippen LogP contribution >= 0.6 is 15.9 Å². The standard InChI is InChI=1S/C12H16BrNO2/c13-11-10-5-3-1-2-4-8(10)6-9(7-16-14)12(11)15/h6,15H,1-5,7,14H2. The lowest BCUT2D eigenvalue weighted by molar-refractivity contribution is 0.122. The first-order valence-electron chi connectivity index (χ1n) is 5.57. The SMILES string of the molecule is NOCc1cc2c(c(Br)c1O)CCCCC2. The van der Waals surface area contributed by atoms with Crippen molar-refractivity contribution in [2.24, 2.45) is 5.90 Å². The van der Waals surface area contributed by atoms with E-state index < -0.39 is 0 Å². The largest absolute Gasteiger partial charge is 0.506 e. The van der Waals surface area contributed by atoms with Gasteiger partial charge >= 0.3 is 0 Å². The zero-order chi connectivity index (χ0) is 11.5. The summed E-state index contributed by atoms with van der Waals surface area (Å²) in [7, 11) is 0. The Morgan fingerprint density at radius 3 is 2.81 bits per heavy atom. The Balaban J connectivity index is 2.46. The minimum atomic E-state index is 0.248. The molecule has 3 nitrogen and oxygen atoms in total. The number of phenolic OH excluding ortho intramolecular Hbond substituents is 1. The molecule has 0 spiro atoms. The van der Waals surface area contributed by atoms with Gasteiger partial charge in [-0.3, -0.25) is 4.84 Å². The van der Waals surface area contributed by atoms with Gasteiger partial charge < -0.3 is 5.11 Å². The molecule has 1 aliphatic carbocycles. The van der Waals surface area contributed by atoms with Gasteiger partial charge in [-0.25, -0.2) is 5.90 Å². The smallest absolute Gasteiger partial charge is 0.135 e. The van der Waals surface area contributed by atoms with Crippen LogP contribution in [0.25, 0.3) is 0 Å². The summed E-state index contributed by atoms with van der Waals surface area (Å²) in [6.45, 7) is 0.248. The summed E-state index contributed by atoms with van der Waals surface area (Å²) in [6.07, 6.45) is 5.77. The van der Waals surface area contributed by atoms with Crippen molar-refractivity contribution in [3.8, 4) is 5.75 Å². The Labute approximate surface area is 104 Å². The third kappa shape index (κ3) is 2.24. The van der Waals surface area contributed by atoms with Crippen molar-refractivity contribution in [1.29, 1.82) is 0 Å². The Morgan fingerprint density at radius 2 is 2.06 bits per heavy atom. The highest BCUT2D eigenvalue weighted by atomic mass is 79.9. The molecule has 0 radical (unpaired) electrons. The second-order valence-corrected chi connectivity index (χ2v) is 5.00. The van der Waals surface area contributed by atoms with E-state index in [2.05, 4.69) is 20.8 Å². The van der Waals surface area contributed by atoms with Crippen LogP contribution < -0.4 is 5.90 Å². The van der Waals surface area contributed by atoms with Crippen LogP contribution in [-0.2, 0) is 24.3 Å². The van der Waals surface area contributed by atoms with Crippen molar-refractivity contribution < 1.29 is 9.94 Å². The highest BCUT2D eigenvalue weighted by molar-refractivity contribution is 9.10. The molecule has 0 atom stereocenters. The first-order valence-corrected chi connectivity index (χ1v) is 6.37. The summed E-state index contributed by atoms with van der Waals surface area (Å²) in [5.74, 6) is 5.33. The topological polar surface area (TPSA) is 55.5 Å². The second-order valence-electron chi connectivity index (χ2n) is 4.21. The van der Waals surface area contributed by atoms with Gasteiger partial charge in [0.05, 0.1) is 11.1 Å². The molecule has 16 heavy (non-hydrogen) atoms. The molecule has 88 valence electrons. The van der Waals surface area contributed by atoms with Gasteiger partial charge in [-0.15, -0.1) is 0 Å². The Kier molecular flexibility index (Phi) is 3.84. The zero-order valence-corrected chi connectivity index (χ0v) is 10.7. The van der Waals surface area contributed by atoms with Crippen LogP contribution in [0, 0.1) is 0 Å². The number of rotatable bonds is 2. The van der Waals surface area contributed by atoms with Crippen molar-refractivity contribution >= 4 is 15.9 Å². The van der Waals surface area contributed by atoms with Gasteiger partial charge in [0.1, 0.15) is 5.75 Å². The summed E-state index contributed by atoms with van der Waals surface area (Å²) in [5.41, 5.74) is 3.32. The summed E-state index contributed by atoms with van der Waals surface area (Å²) in [6, 6.07) is 2.02. The summed E-state index contributed by atoms with van der Waals surface area (Å²) in [5, 5.41) is 9.99. The first-order chi connectivity index (χ1) is 7.74. The molecule has 0 aliphatic heterocycles. The van der Waals surface area contributed by atoms with E-state index in [0.717, 1.165) is 22.9 Å². The van der Waals surface area contributed by atoms with E-state index in [1.54, 1.807) is 0 Å². The number of phenols is 1. The third-order valence-corrected chi connectivity index (χ3v) is 3.98. The molecule has 0 bridgehead atoms. The van der Waals surface area contributed by atoms with E-state index in [0.29, 0.717) is 0 Å². The number of nitrogens with two attached hydrogens (primary N) is 1. The van der Waals surface area contributed by atoms with Gasteiger partial charge in [0.2, 0.25) is 0 Å². The number of aryl methyl sites for hydroxylation is 1. The number of benzene rings is 1. The predicted octanol–water partition coefficient (Wildman–Crippen LogP) is 2.81. The molecule has 0 saturated heterocycles. The number of fused-ring (bicyclic) bond motifs is 1. The van der Waals surface area contributed by atoms with Crippen LogP contribution in [0.2, 0.25) is 0 Å². The van der Waals surface area contributed by atoms with E-state index in [1.807, 2.05) is 6.07 Å². The molecule has 1 aromatic carbocycles. The maximum Gasteiger partial charge on any atom is 0.135 e. The van der Waals surface area contributed by atoms with E-state index in [9.17, 15) is 5.11 Å². The van der Waals surface area contributed by atoms with Crippen LogP contribution in [0.1, 0.15) is 36.0 Å². The molecule has 0 fully saturated rings. The molecular formula is C12H16BrNO2. The fourth-order valence-electron chi connectivity index (χ4n) is 2.28. The summed E-state index contributed by atoms with van der Waals surface area (Å²) >= 11 is 3.48. The number of hydrogen-bond donors (Lipinski definition) is 2. The lowest BCUT2D eigenvalue weighted by atomic mass is 9.99. The average Bonchev–Trinajstić information content (AvgIpc) is 2.51. The maximum absolute atomic E-state index is 9.99. The predicted molar refractivity (Wildman–Crippen MR) is 66.0 cm³/mol. The van der Waals surface area contributed by atoms with Gasteiger partial charge in [0.15, 0.2) is 0 Å². The molecule has 3 N–H and O–H groups in total. The molecule has 1 aliphatic rings. The molecule has 4 heteroatoms. The molecule has 1 aromatic rings. The first kappa shape index (κ1) is 11.9. The lowest BCUT2D eigenvalue weighted by Crippen LogP contribution is -2.02. The number of hydrogen-bond acceptors (Lipinski definition) is 3. The molecular weight excluding hydrogens is 270 g/mol. The van der Waals surface area contributed by atoms with Crippen LogP contribution in [-0.4, -0.2) is 5.11 Å². The van der Waals surface area contributed by atoms with E-state index in [4.69, 9.17) is 5.90 Å². The number of halogens is 1. The average molecular weight is 286 g/mol. The Bertz CT molecular complexity index is 393. The van der Waals surface area contributed by atoms with Crippen molar-refractivity contribution in [1.82, 2.24) is 0 Å². The molecule has 0 unspecified atom stereocenters. The van der Waals surface area contributed by atoms with Gasteiger partial charge in [-0.05, 0) is 58.8 Å². The van der Waals surface area contributed by atoms with Crippen LogP contribution in [0.5, 0.6) is 5.75 Å². The lowest BCUT2D eigenvalue weighted by Gasteiger charge is -2.13. The molecule has 0 amide bonds. The van der Waals surface area contributed by atoms with Crippen LogP contribution in [0.15, 0.2) is 10.5 Å². The van der Waals surface area contributed by atoms with E-state index in [1.165, 1.54) is 30.4 Å². The normalized spacial score (nSPS) is 15.6. The molecule has 0 heterocycles.